The molecule has 3 heteroatoms. The third-order valence-corrected chi connectivity index (χ3v) is 3.98. The van der Waals surface area contributed by atoms with Crippen molar-refractivity contribution in [1.29, 1.82) is 0 Å². The number of anilines is 1. The summed E-state index contributed by atoms with van der Waals surface area (Å²) in [5.74, 6) is 0. The first-order valence-electron chi connectivity index (χ1n) is 7.93. The summed E-state index contributed by atoms with van der Waals surface area (Å²) >= 11 is 0. The number of benzene rings is 1. The average Bonchev–Trinajstić information content (AvgIpc) is 2.96. The molecule has 1 heterocycles. The van der Waals surface area contributed by atoms with Gasteiger partial charge in [0.1, 0.15) is 0 Å². The number of hydrogen-bond acceptors (Lipinski definition) is 3. The van der Waals surface area contributed by atoms with E-state index in [1.54, 1.807) is 0 Å². The van der Waals surface area contributed by atoms with Crippen LogP contribution in [0.4, 0.5) is 5.69 Å². The van der Waals surface area contributed by atoms with Gasteiger partial charge in [0.15, 0.2) is 0 Å². The SMILES string of the molecule is Cc1cccc(N(CCCN)CCCC2CCCO2)c1. The van der Waals surface area contributed by atoms with E-state index in [2.05, 4.69) is 36.1 Å². The van der Waals surface area contributed by atoms with Crippen molar-refractivity contribution in [1.82, 2.24) is 0 Å². The Kier molecular flexibility index (Phi) is 6.34. The molecule has 20 heavy (non-hydrogen) atoms. The van der Waals surface area contributed by atoms with Crippen LogP contribution in [0.25, 0.3) is 0 Å². The predicted octanol–water partition coefficient (Wildman–Crippen LogP) is 3.11. The number of rotatable bonds is 8. The van der Waals surface area contributed by atoms with Crippen LogP contribution in [0.3, 0.4) is 0 Å². The van der Waals surface area contributed by atoms with E-state index in [9.17, 15) is 0 Å². The minimum atomic E-state index is 0.504. The molecule has 1 unspecified atom stereocenters. The number of ether oxygens (including phenoxy) is 1. The van der Waals surface area contributed by atoms with Crippen molar-refractivity contribution in [2.45, 2.75) is 45.1 Å². The summed E-state index contributed by atoms with van der Waals surface area (Å²) in [6.07, 6.45) is 6.41. The maximum Gasteiger partial charge on any atom is 0.0576 e. The molecule has 1 aliphatic heterocycles. The largest absolute Gasteiger partial charge is 0.378 e. The fourth-order valence-electron chi connectivity index (χ4n) is 2.86. The lowest BCUT2D eigenvalue weighted by atomic mass is 10.1. The molecule has 112 valence electrons. The Morgan fingerprint density at radius 1 is 1.30 bits per heavy atom. The standard InChI is InChI=1S/C17H28N2O/c1-15-6-2-7-16(14-15)19(12-5-10-18)11-3-8-17-9-4-13-20-17/h2,6-7,14,17H,3-5,8-13,18H2,1H3. The molecule has 0 aliphatic carbocycles. The Hall–Kier alpha value is -1.06. The first kappa shape index (κ1) is 15.3. The smallest absolute Gasteiger partial charge is 0.0576 e. The van der Waals surface area contributed by atoms with Crippen molar-refractivity contribution < 1.29 is 4.74 Å². The Balaban J connectivity index is 1.85. The summed E-state index contributed by atoms with van der Waals surface area (Å²) < 4.78 is 5.70. The molecule has 0 amide bonds. The second-order valence-corrected chi connectivity index (χ2v) is 5.75. The molecule has 0 bridgehead atoms. The molecule has 0 spiro atoms. The first-order chi connectivity index (χ1) is 9.79. The third kappa shape index (κ3) is 4.80. The molecule has 1 fully saturated rings. The first-order valence-corrected chi connectivity index (χ1v) is 7.93. The molecule has 2 N–H and O–H groups in total. The summed E-state index contributed by atoms with van der Waals surface area (Å²) in [6.45, 7) is 6.01. The van der Waals surface area contributed by atoms with Crippen LogP contribution in [0.5, 0.6) is 0 Å². The number of nitrogens with two attached hydrogens (primary N) is 1. The average molecular weight is 276 g/mol. The fraction of sp³-hybridized carbons (Fsp3) is 0.647. The van der Waals surface area contributed by atoms with Gasteiger partial charge in [-0.05, 0) is 63.3 Å². The van der Waals surface area contributed by atoms with E-state index in [0.717, 1.165) is 32.7 Å². The van der Waals surface area contributed by atoms with Gasteiger partial charge in [0.2, 0.25) is 0 Å². The molecule has 0 aromatic heterocycles. The number of nitrogens with zero attached hydrogens (tertiary/aromatic N) is 1. The van der Waals surface area contributed by atoms with Crippen LogP contribution in [0.2, 0.25) is 0 Å². The van der Waals surface area contributed by atoms with Gasteiger partial charge in [0, 0.05) is 25.4 Å². The highest BCUT2D eigenvalue weighted by Crippen LogP contribution is 2.20. The van der Waals surface area contributed by atoms with Crippen molar-refractivity contribution in [3.63, 3.8) is 0 Å². The molecule has 2 rings (SSSR count). The van der Waals surface area contributed by atoms with Crippen LogP contribution in [-0.2, 0) is 4.74 Å². The minimum absolute atomic E-state index is 0.504. The monoisotopic (exact) mass is 276 g/mol. The zero-order valence-electron chi connectivity index (χ0n) is 12.7. The van der Waals surface area contributed by atoms with E-state index in [1.165, 1.54) is 36.9 Å². The third-order valence-electron chi connectivity index (χ3n) is 3.98. The topological polar surface area (TPSA) is 38.5 Å². The van der Waals surface area contributed by atoms with Crippen molar-refractivity contribution in [2.24, 2.45) is 5.73 Å². The van der Waals surface area contributed by atoms with Gasteiger partial charge in [-0.15, -0.1) is 0 Å². The highest BCUT2D eigenvalue weighted by molar-refractivity contribution is 5.48. The Morgan fingerprint density at radius 2 is 2.15 bits per heavy atom. The van der Waals surface area contributed by atoms with Crippen LogP contribution in [0.1, 0.15) is 37.7 Å². The molecule has 1 atom stereocenters. The Bertz CT molecular complexity index is 388. The molecule has 0 radical (unpaired) electrons. The predicted molar refractivity (Wildman–Crippen MR) is 85.3 cm³/mol. The van der Waals surface area contributed by atoms with E-state index in [-0.39, 0.29) is 0 Å². The van der Waals surface area contributed by atoms with Gasteiger partial charge < -0.3 is 15.4 Å². The lowest BCUT2D eigenvalue weighted by molar-refractivity contribution is 0.103. The van der Waals surface area contributed by atoms with Crippen LogP contribution >= 0.6 is 0 Å². The molecule has 1 saturated heterocycles. The molecule has 3 nitrogen and oxygen atoms in total. The quantitative estimate of drug-likeness (QED) is 0.793. The zero-order valence-corrected chi connectivity index (χ0v) is 12.7. The van der Waals surface area contributed by atoms with Crippen LogP contribution in [-0.4, -0.2) is 32.3 Å². The highest BCUT2D eigenvalue weighted by atomic mass is 16.5. The second kappa shape index (κ2) is 8.28. The molecular formula is C17H28N2O. The summed E-state index contributed by atoms with van der Waals surface area (Å²) in [5, 5.41) is 0. The normalized spacial score (nSPS) is 18.4. The fourth-order valence-corrected chi connectivity index (χ4v) is 2.86. The molecule has 1 aromatic rings. The maximum atomic E-state index is 5.70. The number of hydrogen-bond donors (Lipinski definition) is 1. The zero-order chi connectivity index (χ0) is 14.2. The van der Waals surface area contributed by atoms with Crippen LogP contribution in [0.15, 0.2) is 24.3 Å². The van der Waals surface area contributed by atoms with Gasteiger partial charge in [0.05, 0.1) is 6.10 Å². The van der Waals surface area contributed by atoms with Crippen molar-refractivity contribution >= 4 is 5.69 Å². The molecule has 1 aliphatic rings. The lowest BCUT2D eigenvalue weighted by Gasteiger charge is -2.25. The second-order valence-electron chi connectivity index (χ2n) is 5.75. The Morgan fingerprint density at radius 3 is 2.85 bits per heavy atom. The van der Waals surface area contributed by atoms with E-state index in [1.807, 2.05) is 0 Å². The van der Waals surface area contributed by atoms with E-state index < -0.39 is 0 Å². The molecule has 1 aromatic carbocycles. The van der Waals surface area contributed by atoms with Gasteiger partial charge >= 0.3 is 0 Å². The molecule has 0 saturated carbocycles. The highest BCUT2D eigenvalue weighted by Gasteiger charge is 2.15. The summed E-state index contributed by atoms with van der Waals surface area (Å²) in [5.41, 5.74) is 8.31. The van der Waals surface area contributed by atoms with E-state index in [4.69, 9.17) is 10.5 Å². The van der Waals surface area contributed by atoms with Gasteiger partial charge in [-0.25, -0.2) is 0 Å². The summed E-state index contributed by atoms with van der Waals surface area (Å²) in [4.78, 5) is 2.47. The van der Waals surface area contributed by atoms with Crippen LogP contribution < -0.4 is 10.6 Å². The van der Waals surface area contributed by atoms with Crippen LogP contribution in [0, 0.1) is 6.92 Å². The minimum Gasteiger partial charge on any atom is -0.378 e. The van der Waals surface area contributed by atoms with Crippen molar-refractivity contribution in [3.05, 3.63) is 29.8 Å². The van der Waals surface area contributed by atoms with Gasteiger partial charge in [-0.2, -0.15) is 0 Å². The van der Waals surface area contributed by atoms with Gasteiger partial charge in [-0.3, -0.25) is 0 Å². The summed E-state index contributed by atoms with van der Waals surface area (Å²) in [6, 6.07) is 8.76. The van der Waals surface area contributed by atoms with Gasteiger partial charge in [-0.1, -0.05) is 12.1 Å². The Labute approximate surface area is 123 Å². The molecular weight excluding hydrogens is 248 g/mol. The summed E-state index contributed by atoms with van der Waals surface area (Å²) in [7, 11) is 0. The maximum absolute atomic E-state index is 5.70. The lowest BCUT2D eigenvalue weighted by Crippen LogP contribution is -2.28. The van der Waals surface area contributed by atoms with E-state index >= 15 is 0 Å². The number of aryl methyl sites for hydroxylation is 1. The van der Waals surface area contributed by atoms with Gasteiger partial charge in [0.25, 0.3) is 0 Å². The van der Waals surface area contributed by atoms with Crippen molar-refractivity contribution in [2.75, 3.05) is 31.1 Å². The van der Waals surface area contributed by atoms with E-state index in [0.29, 0.717) is 6.10 Å². The van der Waals surface area contributed by atoms with Crippen molar-refractivity contribution in [3.8, 4) is 0 Å².